The van der Waals surface area contributed by atoms with Gasteiger partial charge in [-0.1, -0.05) is 6.08 Å². The maximum atomic E-state index is 13.0. The van der Waals surface area contributed by atoms with Crippen molar-refractivity contribution < 1.29 is 23.1 Å². The Labute approximate surface area is 116 Å². The van der Waals surface area contributed by atoms with E-state index >= 15 is 0 Å². The van der Waals surface area contributed by atoms with Crippen LogP contribution in [0.15, 0.2) is 30.9 Å². The number of rotatable bonds is 3. The molecule has 1 heterocycles. The summed E-state index contributed by atoms with van der Waals surface area (Å²) in [5.41, 5.74) is 3.80. The molecule has 1 aromatic carbocycles. The number of anilines is 1. The van der Waals surface area contributed by atoms with Crippen molar-refractivity contribution in [1.29, 1.82) is 0 Å². The number of alkyl halides is 3. The van der Waals surface area contributed by atoms with Gasteiger partial charge in [-0.05, 0) is 18.2 Å². The van der Waals surface area contributed by atoms with Crippen LogP contribution in [0.4, 0.5) is 18.9 Å². The minimum Gasteiger partial charge on any atom is -0.545 e. The molecule has 0 atom stereocenters. The van der Waals surface area contributed by atoms with Crippen molar-refractivity contribution in [3.63, 3.8) is 0 Å². The van der Waals surface area contributed by atoms with Gasteiger partial charge in [-0.2, -0.15) is 13.2 Å². The van der Waals surface area contributed by atoms with E-state index in [-0.39, 0.29) is 11.3 Å². The third-order valence-electron chi connectivity index (χ3n) is 2.62. The van der Waals surface area contributed by atoms with Crippen molar-refractivity contribution in [1.82, 2.24) is 14.8 Å². The standard InChI is InChI=1S/C12H9F3N4O2/c13-12(14,15)9-4-8(19-5-17-18-6-19)3-7(11(9)16)1-2-10(20)21/h1-6H,16H2,(H,20,21)/p-1/b2-1+. The van der Waals surface area contributed by atoms with Crippen molar-refractivity contribution in [2.75, 3.05) is 5.73 Å². The van der Waals surface area contributed by atoms with Crippen LogP contribution in [-0.2, 0) is 11.0 Å². The maximum Gasteiger partial charge on any atom is 0.418 e. The number of aromatic nitrogens is 3. The van der Waals surface area contributed by atoms with Crippen molar-refractivity contribution in [3.05, 3.63) is 42.0 Å². The summed E-state index contributed by atoms with van der Waals surface area (Å²) < 4.78 is 40.2. The molecular formula is C12H8F3N4O2-. The first-order valence-electron chi connectivity index (χ1n) is 5.54. The zero-order valence-electron chi connectivity index (χ0n) is 10.3. The van der Waals surface area contributed by atoms with Crippen LogP contribution in [0.1, 0.15) is 11.1 Å². The molecule has 0 radical (unpaired) electrons. The fraction of sp³-hybridized carbons (Fsp3) is 0.0833. The lowest BCUT2D eigenvalue weighted by Gasteiger charge is -2.15. The number of nitrogen functional groups attached to an aromatic ring is 1. The van der Waals surface area contributed by atoms with Gasteiger partial charge in [0.1, 0.15) is 12.7 Å². The van der Waals surface area contributed by atoms with E-state index in [1.165, 1.54) is 23.3 Å². The predicted octanol–water partition coefficient (Wildman–Crippen LogP) is 0.631. The highest BCUT2D eigenvalue weighted by atomic mass is 19.4. The molecule has 0 aliphatic rings. The average Bonchev–Trinajstić information content (AvgIpc) is 2.89. The second-order valence-corrected chi connectivity index (χ2v) is 4.02. The summed E-state index contributed by atoms with van der Waals surface area (Å²) in [5, 5.41) is 17.4. The lowest BCUT2D eigenvalue weighted by atomic mass is 10.0. The zero-order valence-corrected chi connectivity index (χ0v) is 10.3. The van der Waals surface area contributed by atoms with Gasteiger partial charge in [-0.25, -0.2) is 0 Å². The minimum atomic E-state index is -4.68. The summed E-state index contributed by atoms with van der Waals surface area (Å²) in [6, 6.07) is 2.11. The van der Waals surface area contributed by atoms with E-state index in [0.29, 0.717) is 6.08 Å². The Balaban J connectivity index is 2.64. The first-order chi connectivity index (χ1) is 9.79. The van der Waals surface area contributed by atoms with Crippen molar-refractivity contribution in [3.8, 4) is 5.69 Å². The number of nitrogens with two attached hydrogens (primary N) is 1. The summed E-state index contributed by atoms with van der Waals surface area (Å²) in [6.07, 6.45) is -0.733. The molecular weight excluding hydrogens is 289 g/mol. The van der Waals surface area contributed by atoms with Gasteiger partial charge in [0, 0.05) is 11.3 Å². The molecule has 0 saturated carbocycles. The van der Waals surface area contributed by atoms with Crippen LogP contribution < -0.4 is 10.8 Å². The highest BCUT2D eigenvalue weighted by Crippen LogP contribution is 2.37. The average molecular weight is 297 g/mol. The highest BCUT2D eigenvalue weighted by Gasteiger charge is 2.34. The SMILES string of the molecule is Nc1c(/C=C/C(=O)[O-])cc(-n2cnnc2)cc1C(F)(F)F. The van der Waals surface area contributed by atoms with Gasteiger partial charge in [0.05, 0.1) is 17.2 Å². The second kappa shape index (κ2) is 5.27. The van der Waals surface area contributed by atoms with Crippen molar-refractivity contribution in [2.45, 2.75) is 6.18 Å². The zero-order chi connectivity index (χ0) is 15.6. The smallest absolute Gasteiger partial charge is 0.418 e. The third-order valence-corrected chi connectivity index (χ3v) is 2.62. The van der Waals surface area contributed by atoms with Crippen LogP contribution in [0, 0.1) is 0 Å². The molecule has 0 saturated heterocycles. The molecule has 2 N–H and O–H groups in total. The first kappa shape index (κ1) is 14.6. The number of nitrogens with zero attached hydrogens (tertiary/aromatic N) is 3. The van der Waals surface area contributed by atoms with E-state index in [0.717, 1.165) is 12.1 Å². The lowest BCUT2D eigenvalue weighted by Crippen LogP contribution is -2.18. The number of benzene rings is 1. The van der Waals surface area contributed by atoms with E-state index < -0.39 is 23.4 Å². The van der Waals surface area contributed by atoms with E-state index in [4.69, 9.17) is 5.73 Å². The Kier molecular flexibility index (Phi) is 3.66. The fourth-order valence-corrected chi connectivity index (χ4v) is 1.67. The molecule has 2 rings (SSSR count). The molecule has 0 bridgehead atoms. The molecule has 2 aromatic rings. The number of hydrogen-bond acceptors (Lipinski definition) is 5. The van der Waals surface area contributed by atoms with Crippen LogP contribution in [0.5, 0.6) is 0 Å². The number of carboxylic acids is 1. The van der Waals surface area contributed by atoms with E-state index in [1.54, 1.807) is 0 Å². The Morgan fingerprint density at radius 2 is 1.90 bits per heavy atom. The number of halogens is 3. The molecule has 21 heavy (non-hydrogen) atoms. The lowest BCUT2D eigenvalue weighted by molar-refractivity contribution is -0.297. The van der Waals surface area contributed by atoms with E-state index in [9.17, 15) is 23.1 Å². The molecule has 0 amide bonds. The molecule has 0 spiro atoms. The van der Waals surface area contributed by atoms with Gasteiger partial charge in [0.2, 0.25) is 0 Å². The molecule has 0 aliphatic heterocycles. The molecule has 9 heteroatoms. The maximum absolute atomic E-state index is 13.0. The molecule has 1 aromatic heterocycles. The Morgan fingerprint density at radius 1 is 1.29 bits per heavy atom. The van der Waals surface area contributed by atoms with Gasteiger partial charge < -0.3 is 15.6 Å². The molecule has 110 valence electrons. The van der Waals surface area contributed by atoms with Crippen LogP contribution in [-0.4, -0.2) is 20.7 Å². The first-order valence-corrected chi connectivity index (χ1v) is 5.54. The van der Waals surface area contributed by atoms with Gasteiger partial charge in [0.25, 0.3) is 0 Å². The number of aliphatic carboxylic acids is 1. The molecule has 0 aliphatic carbocycles. The summed E-state index contributed by atoms with van der Waals surface area (Å²) in [5.74, 6) is -1.54. The normalized spacial score (nSPS) is 12.0. The van der Waals surface area contributed by atoms with Crippen molar-refractivity contribution >= 4 is 17.7 Å². The summed E-state index contributed by atoms with van der Waals surface area (Å²) in [7, 11) is 0. The van der Waals surface area contributed by atoms with Gasteiger partial charge in [0.15, 0.2) is 0 Å². The largest absolute Gasteiger partial charge is 0.545 e. The Bertz CT molecular complexity index is 693. The van der Waals surface area contributed by atoms with Gasteiger partial charge >= 0.3 is 6.18 Å². The van der Waals surface area contributed by atoms with Crippen LogP contribution in [0.3, 0.4) is 0 Å². The number of carbonyl (C=O) groups excluding carboxylic acids is 1. The quantitative estimate of drug-likeness (QED) is 0.662. The Hall–Kier alpha value is -2.84. The predicted molar refractivity (Wildman–Crippen MR) is 64.8 cm³/mol. The van der Waals surface area contributed by atoms with Crippen LogP contribution in [0.25, 0.3) is 11.8 Å². The molecule has 0 unspecified atom stereocenters. The monoisotopic (exact) mass is 297 g/mol. The minimum absolute atomic E-state index is 0.0968. The van der Waals surface area contributed by atoms with E-state index in [1.807, 2.05) is 0 Å². The van der Waals surface area contributed by atoms with E-state index in [2.05, 4.69) is 10.2 Å². The van der Waals surface area contributed by atoms with Gasteiger partial charge in [-0.3, -0.25) is 4.57 Å². The fourth-order valence-electron chi connectivity index (χ4n) is 1.67. The summed E-state index contributed by atoms with van der Waals surface area (Å²) in [4.78, 5) is 10.4. The topological polar surface area (TPSA) is 96.9 Å². The van der Waals surface area contributed by atoms with Crippen LogP contribution in [0.2, 0.25) is 0 Å². The van der Waals surface area contributed by atoms with Gasteiger partial charge in [-0.15, -0.1) is 10.2 Å². The number of carboxylic acid groups (broad SMARTS) is 1. The summed E-state index contributed by atoms with van der Waals surface area (Å²) >= 11 is 0. The number of carbonyl (C=O) groups is 1. The van der Waals surface area contributed by atoms with Crippen LogP contribution >= 0.6 is 0 Å². The van der Waals surface area contributed by atoms with Crippen molar-refractivity contribution in [2.24, 2.45) is 0 Å². The number of hydrogen-bond donors (Lipinski definition) is 1. The summed E-state index contributed by atoms with van der Waals surface area (Å²) in [6.45, 7) is 0. The molecule has 6 nitrogen and oxygen atoms in total. The second-order valence-electron chi connectivity index (χ2n) is 4.02. The molecule has 0 fully saturated rings. The highest BCUT2D eigenvalue weighted by molar-refractivity contribution is 5.86. The Morgan fingerprint density at radius 3 is 2.43 bits per heavy atom. The third kappa shape index (κ3) is 3.19.